The summed E-state index contributed by atoms with van der Waals surface area (Å²) in [7, 11) is 0. The van der Waals surface area contributed by atoms with Gasteiger partial charge in [0.25, 0.3) is 0 Å². The maximum atomic E-state index is 4.79. The van der Waals surface area contributed by atoms with Crippen molar-refractivity contribution in [3.05, 3.63) is 29.3 Å². The fourth-order valence-corrected chi connectivity index (χ4v) is 2.61. The first-order valence-electron chi connectivity index (χ1n) is 6.31. The molecule has 1 aromatic carbocycles. The van der Waals surface area contributed by atoms with Crippen molar-refractivity contribution in [2.24, 2.45) is 4.99 Å². The quantitative estimate of drug-likeness (QED) is 0.700. The summed E-state index contributed by atoms with van der Waals surface area (Å²) in [6, 6.07) is 6.72. The molecule has 2 nitrogen and oxygen atoms in total. The molecule has 1 aromatic rings. The normalized spacial score (nSPS) is 18.8. The van der Waals surface area contributed by atoms with E-state index in [1.165, 1.54) is 42.0 Å². The Labute approximate surface area is 97.0 Å². The first-order valence-corrected chi connectivity index (χ1v) is 6.31. The molecule has 0 spiro atoms. The number of piperidine rings is 1. The Kier molecular flexibility index (Phi) is 2.43. The van der Waals surface area contributed by atoms with Crippen LogP contribution in [0.5, 0.6) is 0 Å². The third-order valence-electron chi connectivity index (χ3n) is 3.61. The van der Waals surface area contributed by atoms with E-state index in [0.29, 0.717) is 0 Å². The van der Waals surface area contributed by atoms with E-state index in [9.17, 15) is 0 Å². The molecule has 0 bridgehead atoms. The minimum atomic E-state index is 1.07. The number of rotatable bonds is 1. The van der Waals surface area contributed by atoms with Crippen LogP contribution in [0.1, 0.15) is 37.3 Å². The van der Waals surface area contributed by atoms with Gasteiger partial charge < -0.3 is 4.90 Å². The van der Waals surface area contributed by atoms with Crippen LogP contribution in [-0.2, 0) is 13.0 Å². The SMILES string of the molecule is CCc1ccc2c(c1)CN1CCCCC1=N2. The molecule has 2 heteroatoms. The minimum absolute atomic E-state index is 1.07. The van der Waals surface area contributed by atoms with Gasteiger partial charge >= 0.3 is 0 Å². The summed E-state index contributed by atoms with van der Waals surface area (Å²) >= 11 is 0. The number of nitrogens with zero attached hydrogens (tertiary/aromatic N) is 2. The molecule has 1 saturated heterocycles. The predicted molar refractivity (Wildman–Crippen MR) is 67.2 cm³/mol. The van der Waals surface area contributed by atoms with Gasteiger partial charge in [-0.1, -0.05) is 19.1 Å². The Morgan fingerprint density at radius 1 is 1.31 bits per heavy atom. The summed E-state index contributed by atoms with van der Waals surface area (Å²) in [6.45, 7) is 4.47. The highest BCUT2D eigenvalue weighted by Gasteiger charge is 2.22. The summed E-state index contributed by atoms with van der Waals surface area (Å²) in [5.41, 5.74) is 4.03. The first-order chi connectivity index (χ1) is 7.86. The number of amidine groups is 1. The molecule has 0 aliphatic carbocycles. The monoisotopic (exact) mass is 214 g/mol. The van der Waals surface area contributed by atoms with E-state index >= 15 is 0 Å². The second kappa shape index (κ2) is 3.93. The molecular formula is C14H18N2. The molecule has 0 amide bonds. The number of benzene rings is 1. The fourth-order valence-electron chi connectivity index (χ4n) is 2.61. The van der Waals surface area contributed by atoms with Gasteiger partial charge in [-0.25, -0.2) is 4.99 Å². The van der Waals surface area contributed by atoms with Gasteiger partial charge in [0.2, 0.25) is 0 Å². The molecule has 0 radical (unpaired) electrons. The Morgan fingerprint density at radius 2 is 2.25 bits per heavy atom. The van der Waals surface area contributed by atoms with Crippen LogP contribution in [0, 0.1) is 0 Å². The van der Waals surface area contributed by atoms with Gasteiger partial charge in [0.15, 0.2) is 0 Å². The highest BCUT2D eigenvalue weighted by molar-refractivity contribution is 5.87. The largest absolute Gasteiger partial charge is 0.356 e. The lowest BCUT2D eigenvalue weighted by Gasteiger charge is -2.34. The maximum absolute atomic E-state index is 4.79. The lowest BCUT2D eigenvalue weighted by Crippen LogP contribution is -2.36. The molecule has 0 unspecified atom stereocenters. The molecule has 84 valence electrons. The molecule has 2 aliphatic rings. The van der Waals surface area contributed by atoms with Crippen LogP contribution in [-0.4, -0.2) is 17.3 Å². The highest BCUT2D eigenvalue weighted by atomic mass is 15.2. The Hall–Kier alpha value is -1.31. The molecule has 3 rings (SSSR count). The first kappa shape index (κ1) is 9.88. The van der Waals surface area contributed by atoms with Crippen LogP contribution in [0.2, 0.25) is 0 Å². The molecule has 0 N–H and O–H groups in total. The van der Waals surface area contributed by atoms with Gasteiger partial charge in [0, 0.05) is 19.5 Å². The van der Waals surface area contributed by atoms with Crippen molar-refractivity contribution in [3.8, 4) is 0 Å². The van der Waals surface area contributed by atoms with Crippen LogP contribution in [0.4, 0.5) is 5.69 Å². The number of fused-ring (bicyclic) bond motifs is 2. The third kappa shape index (κ3) is 1.62. The predicted octanol–water partition coefficient (Wildman–Crippen LogP) is 3.28. The topological polar surface area (TPSA) is 15.6 Å². The molecule has 0 atom stereocenters. The van der Waals surface area contributed by atoms with Crippen molar-refractivity contribution in [2.45, 2.75) is 39.2 Å². The van der Waals surface area contributed by atoms with E-state index in [0.717, 1.165) is 19.4 Å². The smallest absolute Gasteiger partial charge is 0.105 e. The van der Waals surface area contributed by atoms with Gasteiger partial charge in [-0.05, 0) is 36.5 Å². The van der Waals surface area contributed by atoms with Gasteiger partial charge in [-0.3, -0.25) is 0 Å². The van der Waals surface area contributed by atoms with E-state index in [4.69, 9.17) is 4.99 Å². The molecule has 2 aliphatic heterocycles. The number of aliphatic imine (C=N–C) groups is 1. The minimum Gasteiger partial charge on any atom is -0.356 e. The Morgan fingerprint density at radius 3 is 3.12 bits per heavy atom. The van der Waals surface area contributed by atoms with Gasteiger partial charge in [0.1, 0.15) is 5.84 Å². The van der Waals surface area contributed by atoms with Crippen molar-refractivity contribution in [1.82, 2.24) is 4.90 Å². The summed E-state index contributed by atoms with van der Waals surface area (Å²) in [5.74, 6) is 1.31. The fraction of sp³-hybridized carbons (Fsp3) is 0.500. The summed E-state index contributed by atoms with van der Waals surface area (Å²) in [5, 5.41) is 0. The molecular weight excluding hydrogens is 196 g/mol. The van der Waals surface area contributed by atoms with E-state index in [1.54, 1.807) is 0 Å². The van der Waals surface area contributed by atoms with Gasteiger partial charge in [0.05, 0.1) is 5.69 Å². The van der Waals surface area contributed by atoms with Crippen LogP contribution >= 0.6 is 0 Å². The second-order valence-electron chi connectivity index (χ2n) is 4.72. The zero-order valence-corrected chi connectivity index (χ0v) is 9.87. The van der Waals surface area contributed by atoms with Crippen molar-refractivity contribution < 1.29 is 0 Å². The number of hydrogen-bond acceptors (Lipinski definition) is 2. The van der Waals surface area contributed by atoms with Crippen molar-refractivity contribution >= 4 is 11.5 Å². The average molecular weight is 214 g/mol. The van der Waals surface area contributed by atoms with Crippen molar-refractivity contribution in [3.63, 3.8) is 0 Å². The van der Waals surface area contributed by atoms with Crippen molar-refractivity contribution in [1.29, 1.82) is 0 Å². The highest BCUT2D eigenvalue weighted by Crippen LogP contribution is 2.30. The average Bonchev–Trinajstić information content (AvgIpc) is 2.35. The van der Waals surface area contributed by atoms with E-state index < -0.39 is 0 Å². The lowest BCUT2D eigenvalue weighted by molar-refractivity contribution is 0.359. The molecule has 0 saturated carbocycles. The standard InChI is InChI=1S/C14H18N2/c1-2-11-6-7-13-12(9-11)10-16-8-4-3-5-14(16)15-13/h6-7,9H,2-5,8,10H2,1H3. The van der Waals surface area contributed by atoms with Crippen LogP contribution in [0.15, 0.2) is 23.2 Å². The number of hydrogen-bond donors (Lipinski definition) is 0. The number of aryl methyl sites for hydroxylation is 1. The zero-order chi connectivity index (χ0) is 11.0. The van der Waals surface area contributed by atoms with Gasteiger partial charge in [-0.2, -0.15) is 0 Å². The van der Waals surface area contributed by atoms with E-state index in [2.05, 4.69) is 30.0 Å². The second-order valence-corrected chi connectivity index (χ2v) is 4.72. The Bertz CT molecular complexity index is 434. The Balaban J connectivity index is 1.99. The summed E-state index contributed by atoms with van der Waals surface area (Å²) in [4.78, 5) is 7.24. The molecule has 16 heavy (non-hydrogen) atoms. The molecule has 0 aromatic heterocycles. The summed E-state index contributed by atoms with van der Waals surface area (Å²) in [6.07, 6.45) is 4.90. The molecule has 1 fully saturated rings. The van der Waals surface area contributed by atoms with Crippen LogP contribution in [0.25, 0.3) is 0 Å². The van der Waals surface area contributed by atoms with E-state index in [-0.39, 0.29) is 0 Å². The van der Waals surface area contributed by atoms with Crippen molar-refractivity contribution in [2.75, 3.05) is 6.54 Å². The van der Waals surface area contributed by atoms with Crippen LogP contribution in [0.3, 0.4) is 0 Å². The van der Waals surface area contributed by atoms with Crippen LogP contribution < -0.4 is 0 Å². The lowest BCUT2D eigenvalue weighted by atomic mass is 10.0. The maximum Gasteiger partial charge on any atom is 0.105 e. The van der Waals surface area contributed by atoms with Gasteiger partial charge in [-0.15, -0.1) is 0 Å². The summed E-state index contributed by atoms with van der Waals surface area (Å²) < 4.78 is 0. The zero-order valence-electron chi connectivity index (χ0n) is 9.87. The molecule has 2 heterocycles. The van der Waals surface area contributed by atoms with E-state index in [1.807, 2.05) is 0 Å². The third-order valence-corrected chi connectivity index (χ3v) is 3.61.